The van der Waals surface area contributed by atoms with Crippen molar-refractivity contribution in [2.45, 2.75) is 0 Å². The molecule has 4 aromatic carbocycles. The molecule has 0 fully saturated rings. The molecule has 0 radical (unpaired) electrons. The quantitative estimate of drug-likeness (QED) is 0.340. The van der Waals surface area contributed by atoms with Gasteiger partial charge in [-0.25, -0.2) is 0 Å². The Balaban J connectivity index is 1.85. The van der Waals surface area contributed by atoms with Crippen LogP contribution in [0.1, 0.15) is 0 Å². The third-order valence-electron chi connectivity index (χ3n) is 4.76. The van der Waals surface area contributed by atoms with Gasteiger partial charge in [-0.2, -0.15) is 0 Å². The van der Waals surface area contributed by atoms with Gasteiger partial charge in [0, 0.05) is 20.2 Å². The molecule has 5 aromatic rings. The third kappa shape index (κ3) is 2.30. The molecule has 1 nitrogen and oxygen atoms in total. The van der Waals surface area contributed by atoms with Crippen molar-refractivity contribution in [1.82, 2.24) is 0 Å². The van der Waals surface area contributed by atoms with E-state index in [0.29, 0.717) is 0 Å². The molecular weight excluding hydrogens is 324 g/mol. The fraction of sp³-hybridized carbons (Fsp3) is 0.0435. The zero-order chi connectivity index (χ0) is 16.8. The zero-order valence-electron chi connectivity index (χ0n) is 13.8. The maximum atomic E-state index is 5.30. The Labute approximate surface area is 150 Å². The van der Waals surface area contributed by atoms with Crippen LogP contribution >= 0.6 is 11.3 Å². The van der Waals surface area contributed by atoms with E-state index in [-0.39, 0.29) is 0 Å². The molecule has 5 rings (SSSR count). The van der Waals surface area contributed by atoms with Gasteiger partial charge < -0.3 is 4.74 Å². The average Bonchev–Trinajstić information content (AvgIpc) is 3.03. The minimum absolute atomic E-state index is 0.886. The second-order valence-electron chi connectivity index (χ2n) is 6.20. The fourth-order valence-electron chi connectivity index (χ4n) is 3.52. The number of fused-ring (bicyclic) bond motifs is 4. The largest absolute Gasteiger partial charge is 0.497 e. The number of thiophene rings is 1. The summed E-state index contributed by atoms with van der Waals surface area (Å²) >= 11 is 1.87. The summed E-state index contributed by atoms with van der Waals surface area (Å²) in [6.07, 6.45) is 0. The predicted molar refractivity (Wildman–Crippen MR) is 109 cm³/mol. The molecule has 120 valence electrons. The van der Waals surface area contributed by atoms with E-state index in [1.165, 1.54) is 42.1 Å². The molecular formula is C23H16OS. The summed E-state index contributed by atoms with van der Waals surface area (Å²) in [5, 5.41) is 5.27. The van der Waals surface area contributed by atoms with Gasteiger partial charge in [0.25, 0.3) is 0 Å². The molecule has 0 saturated heterocycles. The first-order chi connectivity index (χ1) is 12.3. The SMILES string of the molecule is COc1ccc(-c2cccc3sc4cc5ccccc5cc4c23)cc1. The molecule has 2 heteroatoms. The smallest absolute Gasteiger partial charge is 0.118 e. The second-order valence-corrected chi connectivity index (χ2v) is 7.29. The van der Waals surface area contributed by atoms with Crippen LogP contribution in [0.25, 0.3) is 42.1 Å². The first kappa shape index (κ1) is 14.5. The maximum absolute atomic E-state index is 5.30. The lowest BCUT2D eigenvalue weighted by molar-refractivity contribution is 0.415. The molecule has 0 aliphatic rings. The summed E-state index contributed by atoms with van der Waals surface area (Å²) in [5.41, 5.74) is 2.50. The molecule has 0 bridgehead atoms. The van der Waals surface area contributed by atoms with Crippen molar-refractivity contribution in [1.29, 1.82) is 0 Å². The number of ether oxygens (including phenoxy) is 1. The van der Waals surface area contributed by atoms with E-state index in [2.05, 4.69) is 66.7 Å². The van der Waals surface area contributed by atoms with Crippen molar-refractivity contribution < 1.29 is 4.74 Å². The third-order valence-corrected chi connectivity index (χ3v) is 5.88. The molecule has 0 amide bonds. The van der Waals surface area contributed by atoms with Gasteiger partial charge in [0.15, 0.2) is 0 Å². The lowest BCUT2D eigenvalue weighted by atomic mass is 9.98. The molecule has 0 saturated carbocycles. The summed E-state index contributed by atoms with van der Waals surface area (Å²) in [7, 11) is 1.70. The second kappa shape index (κ2) is 5.61. The molecule has 0 atom stereocenters. The van der Waals surface area contributed by atoms with Crippen molar-refractivity contribution in [3.8, 4) is 16.9 Å². The van der Waals surface area contributed by atoms with E-state index < -0.39 is 0 Å². The van der Waals surface area contributed by atoms with Gasteiger partial charge in [-0.3, -0.25) is 0 Å². The Morgan fingerprint density at radius 2 is 1.48 bits per heavy atom. The average molecular weight is 340 g/mol. The topological polar surface area (TPSA) is 9.23 Å². The number of rotatable bonds is 2. The minimum Gasteiger partial charge on any atom is -0.497 e. The van der Waals surface area contributed by atoms with Crippen molar-refractivity contribution in [2.24, 2.45) is 0 Å². The van der Waals surface area contributed by atoms with E-state index in [9.17, 15) is 0 Å². The van der Waals surface area contributed by atoms with Crippen molar-refractivity contribution in [2.75, 3.05) is 7.11 Å². The standard InChI is InChI=1S/C23H16OS/c1-24-18-11-9-15(10-12-18)19-7-4-8-21-23(19)20-13-16-5-2-3-6-17(16)14-22(20)25-21/h2-14H,1H3. The van der Waals surface area contributed by atoms with Crippen LogP contribution in [0.15, 0.2) is 78.9 Å². The van der Waals surface area contributed by atoms with Crippen molar-refractivity contribution in [3.63, 3.8) is 0 Å². The Bertz CT molecular complexity index is 1220. The van der Waals surface area contributed by atoms with Crippen LogP contribution in [0.2, 0.25) is 0 Å². The maximum Gasteiger partial charge on any atom is 0.118 e. The molecule has 0 aliphatic carbocycles. The summed E-state index contributed by atoms with van der Waals surface area (Å²) in [6, 6.07) is 28.1. The fourth-order valence-corrected chi connectivity index (χ4v) is 4.69. The number of methoxy groups -OCH3 is 1. The van der Waals surface area contributed by atoms with Crippen LogP contribution in [0.4, 0.5) is 0 Å². The molecule has 1 heterocycles. The monoisotopic (exact) mass is 340 g/mol. The summed E-state index contributed by atoms with van der Waals surface area (Å²) in [6.45, 7) is 0. The Kier molecular flexibility index (Phi) is 3.25. The van der Waals surface area contributed by atoms with Crippen LogP contribution in [0.3, 0.4) is 0 Å². The van der Waals surface area contributed by atoms with Crippen LogP contribution < -0.4 is 4.74 Å². The van der Waals surface area contributed by atoms with Gasteiger partial charge in [0.05, 0.1) is 7.11 Å². The van der Waals surface area contributed by atoms with Crippen LogP contribution in [0.5, 0.6) is 5.75 Å². The molecule has 1 aromatic heterocycles. The van der Waals surface area contributed by atoms with Gasteiger partial charge >= 0.3 is 0 Å². The Morgan fingerprint density at radius 1 is 0.720 bits per heavy atom. The molecule has 0 spiro atoms. The van der Waals surface area contributed by atoms with E-state index in [0.717, 1.165) is 5.75 Å². The molecule has 0 N–H and O–H groups in total. The number of hydrogen-bond acceptors (Lipinski definition) is 2. The highest BCUT2D eigenvalue weighted by molar-refractivity contribution is 7.26. The van der Waals surface area contributed by atoms with Crippen LogP contribution in [0, 0.1) is 0 Å². The zero-order valence-corrected chi connectivity index (χ0v) is 14.6. The number of hydrogen-bond donors (Lipinski definition) is 0. The van der Waals surface area contributed by atoms with Crippen molar-refractivity contribution >= 4 is 42.3 Å². The van der Waals surface area contributed by atoms with Crippen LogP contribution in [-0.4, -0.2) is 7.11 Å². The Hall–Kier alpha value is -2.84. The molecule has 0 unspecified atom stereocenters. The summed E-state index contributed by atoms with van der Waals surface area (Å²) in [5.74, 6) is 0.886. The van der Waals surface area contributed by atoms with Gasteiger partial charge in [0.1, 0.15) is 5.75 Å². The minimum atomic E-state index is 0.886. The Morgan fingerprint density at radius 3 is 2.24 bits per heavy atom. The van der Waals surface area contributed by atoms with Gasteiger partial charge in [-0.1, -0.05) is 48.5 Å². The lowest BCUT2D eigenvalue weighted by Crippen LogP contribution is -1.83. The van der Waals surface area contributed by atoms with E-state index >= 15 is 0 Å². The van der Waals surface area contributed by atoms with Gasteiger partial charge in [-0.15, -0.1) is 11.3 Å². The normalized spacial score (nSPS) is 11.4. The first-order valence-corrected chi connectivity index (χ1v) is 9.13. The van der Waals surface area contributed by atoms with Crippen molar-refractivity contribution in [3.05, 3.63) is 78.9 Å². The first-order valence-electron chi connectivity index (χ1n) is 8.32. The highest BCUT2D eigenvalue weighted by Gasteiger charge is 2.11. The highest BCUT2D eigenvalue weighted by atomic mass is 32.1. The predicted octanol–water partition coefficient (Wildman–Crippen LogP) is 6.88. The molecule has 0 aliphatic heterocycles. The van der Waals surface area contributed by atoms with E-state index in [1.807, 2.05) is 23.5 Å². The number of benzene rings is 4. The van der Waals surface area contributed by atoms with Crippen LogP contribution in [-0.2, 0) is 0 Å². The van der Waals surface area contributed by atoms with Gasteiger partial charge in [-0.05, 0) is 52.2 Å². The van der Waals surface area contributed by atoms with Gasteiger partial charge in [0.2, 0.25) is 0 Å². The van der Waals surface area contributed by atoms with E-state index in [4.69, 9.17) is 4.74 Å². The molecule has 25 heavy (non-hydrogen) atoms. The lowest BCUT2D eigenvalue weighted by Gasteiger charge is -2.06. The van der Waals surface area contributed by atoms with E-state index in [1.54, 1.807) is 7.11 Å². The summed E-state index contributed by atoms with van der Waals surface area (Å²) < 4.78 is 7.97. The highest BCUT2D eigenvalue weighted by Crippen LogP contribution is 2.41. The summed E-state index contributed by atoms with van der Waals surface area (Å²) in [4.78, 5) is 0.